The smallest absolute Gasteiger partial charge is 0.415 e. The van der Waals surface area contributed by atoms with E-state index in [0.29, 0.717) is 24.6 Å². The lowest BCUT2D eigenvalue weighted by atomic mass is 10.1. The van der Waals surface area contributed by atoms with Crippen LogP contribution >= 0.6 is 0 Å². The van der Waals surface area contributed by atoms with Gasteiger partial charge in [0.25, 0.3) is 5.91 Å². The predicted octanol–water partition coefficient (Wildman–Crippen LogP) is 2.51. The second-order valence-corrected chi connectivity index (χ2v) is 5.71. The molecular weight excluding hydrogens is 324 g/mol. The van der Waals surface area contributed by atoms with Gasteiger partial charge in [-0.3, -0.25) is 14.9 Å². The van der Waals surface area contributed by atoms with Crippen molar-refractivity contribution in [1.82, 2.24) is 10.4 Å². The molecule has 2 N–H and O–H groups in total. The molecule has 7 heteroatoms. The van der Waals surface area contributed by atoms with E-state index in [1.165, 1.54) is 11.0 Å². The maximum absolute atomic E-state index is 12.4. The minimum atomic E-state index is -0.619. The zero-order valence-corrected chi connectivity index (χ0v) is 13.7. The number of carbonyl (C=O) groups is 2. The molecule has 0 aliphatic carbocycles. The molecule has 1 aliphatic heterocycles. The Morgan fingerprint density at radius 2 is 1.96 bits per heavy atom. The van der Waals surface area contributed by atoms with Gasteiger partial charge < -0.3 is 9.47 Å². The lowest BCUT2D eigenvalue weighted by Crippen LogP contribution is -2.34. The average Bonchev–Trinajstić information content (AvgIpc) is 2.84. The molecule has 0 spiro atoms. The highest BCUT2D eigenvalue weighted by atomic mass is 16.6. The Morgan fingerprint density at radius 1 is 1.20 bits per heavy atom. The summed E-state index contributed by atoms with van der Waals surface area (Å²) in [4.78, 5) is 25.4. The monoisotopic (exact) mass is 342 g/mol. The van der Waals surface area contributed by atoms with Gasteiger partial charge in [0.1, 0.15) is 18.1 Å². The van der Waals surface area contributed by atoms with Crippen LogP contribution in [0.25, 0.3) is 0 Å². The van der Waals surface area contributed by atoms with E-state index in [1.807, 2.05) is 19.1 Å². The van der Waals surface area contributed by atoms with Crippen LogP contribution in [-0.4, -0.2) is 35.3 Å². The Labute approximate surface area is 144 Å². The number of nitrogens with zero attached hydrogens (tertiary/aromatic N) is 1. The average molecular weight is 342 g/mol. The topological polar surface area (TPSA) is 88.1 Å². The van der Waals surface area contributed by atoms with Crippen LogP contribution < -0.4 is 15.0 Å². The van der Waals surface area contributed by atoms with Crippen molar-refractivity contribution in [3.8, 4) is 11.5 Å². The molecule has 0 unspecified atom stereocenters. The minimum absolute atomic E-state index is 0.275. The number of hydrogen-bond acceptors (Lipinski definition) is 5. The van der Waals surface area contributed by atoms with Gasteiger partial charge >= 0.3 is 6.09 Å². The van der Waals surface area contributed by atoms with Gasteiger partial charge in [0.05, 0.1) is 13.1 Å². The summed E-state index contributed by atoms with van der Waals surface area (Å²) in [5.74, 6) is 0.369. The summed E-state index contributed by atoms with van der Waals surface area (Å²) in [6.07, 6.45) is -0.461. The lowest BCUT2D eigenvalue weighted by molar-refractivity contribution is 0.0706. The van der Waals surface area contributed by atoms with Gasteiger partial charge in [0.2, 0.25) is 0 Å². The number of benzene rings is 2. The molecule has 0 aromatic heterocycles. The molecule has 2 aromatic carbocycles. The van der Waals surface area contributed by atoms with E-state index >= 15 is 0 Å². The van der Waals surface area contributed by atoms with Crippen molar-refractivity contribution in [3.05, 3.63) is 59.2 Å². The number of rotatable bonds is 2. The highest BCUT2D eigenvalue weighted by Gasteiger charge is 2.22. The van der Waals surface area contributed by atoms with Crippen LogP contribution in [0.2, 0.25) is 0 Å². The van der Waals surface area contributed by atoms with Gasteiger partial charge in [-0.25, -0.2) is 10.3 Å². The molecule has 3 rings (SSSR count). The van der Waals surface area contributed by atoms with Gasteiger partial charge in [-0.1, -0.05) is 23.8 Å². The SMILES string of the molecule is Cc1ccc(OC(=O)N2CCOc3cc(C(=O)NO)ccc3C2)cc1. The van der Waals surface area contributed by atoms with E-state index < -0.39 is 12.0 Å². The van der Waals surface area contributed by atoms with E-state index in [-0.39, 0.29) is 12.2 Å². The summed E-state index contributed by atoms with van der Waals surface area (Å²) < 4.78 is 11.0. The molecule has 7 nitrogen and oxygen atoms in total. The van der Waals surface area contributed by atoms with Gasteiger partial charge in [-0.05, 0) is 31.2 Å². The fraction of sp³-hybridized carbons (Fsp3) is 0.222. The van der Waals surface area contributed by atoms with E-state index in [1.54, 1.807) is 29.7 Å². The molecule has 130 valence electrons. The van der Waals surface area contributed by atoms with Crippen LogP contribution in [0.3, 0.4) is 0 Å². The van der Waals surface area contributed by atoms with Crippen LogP contribution in [-0.2, 0) is 6.54 Å². The number of nitrogens with one attached hydrogen (secondary N) is 1. The Balaban J connectivity index is 1.73. The fourth-order valence-electron chi connectivity index (χ4n) is 2.50. The first-order valence-corrected chi connectivity index (χ1v) is 7.80. The third-order valence-corrected chi connectivity index (χ3v) is 3.90. The van der Waals surface area contributed by atoms with Gasteiger partial charge in [0.15, 0.2) is 0 Å². The number of ether oxygens (including phenoxy) is 2. The number of hydroxylamine groups is 1. The van der Waals surface area contributed by atoms with E-state index in [2.05, 4.69) is 0 Å². The Hall–Kier alpha value is -3.06. The molecular formula is C18H18N2O5. The first kappa shape index (κ1) is 16.8. The van der Waals surface area contributed by atoms with E-state index in [4.69, 9.17) is 14.7 Å². The second-order valence-electron chi connectivity index (χ2n) is 5.71. The zero-order valence-electron chi connectivity index (χ0n) is 13.7. The summed E-state index contributed by atoms with van der Waals surface area (Å²) in [5, 5.41) is 8.71. The van der Waals surface area contributed by atoms with Crippen molar-refractivity contribution in [3.63, 3.8) is 0 Å². The van der Waals surface area contributed by atoms with E-state index in [9.17, 15) is 9.59 Å². The molecule has 0 saturated heterocycles. The summed E-state index contributed by atoms with van der Waals surface area (Å²) in [6, 6.07) is 12.0. The number of fused-ring (bicyclic) bond motifs is 1. The molecule has 0 fully saturated rings. The highest BCUT2D eigenvalue weighted by Crippen LogP contribution is 2.25. The molecule has 25 heavy (non-hydrogen) atoms. The fourth-order valence-corrected chi connectivity index (χ4v) is 2.50. The Kier molecular flexibility index (Phi) is 4.85. The molecule has 0 radical (unpaired) electrons. The highest BCUT2D eigenvalue weighted by molar-refractivity contribution is 5.93. The molecule has 2 aromatic rings. The molecule has 0 saturated carbocycles. The maximum atomic E-state index is 12.4. The van der Waals surface area contributed by atoms with Crippen molar-refractivity contribution < 1.29 is 24.3 Å². The number of aryl methyl sites for hydroxylation is 1. The number of carbonyl (C=O) groups excluding carboxylic acids is 2. The summed E-state index contributed by atoms with van der Waals surface area (Å²) in [5.41, 5.74) is 3.70. The van der Waals surface area contributed by atoms with Crippen LogP contribution in [0, 0.1) is 6.92 Å². The van der Waals surface area contributed by atoms with Crippen molar-refractivity contribution in [2.24, 2.45) is 0 Å². The minimum Gasteiger partial charge on any atom is -0.491 e. The first-order chi connectivity index (χ1) is 12.1. The van der Waals surface area contributed by atoms with E-state index in [0.717, 1.165) is 11.1 Å². The van der Waals surface area contributed by atoms with Crippen molar-refractivity contribution in [2.45, 2.75) is 13.5 Å². The van der Waals surface area contributed by atoms with Gasteiger partial charge in [0, 0.05) is 11.1 Å². The Bertz CT molecular complexity index is 789. The second kappa shape index (κ2) is 7.23. The van der Waals surface area contributed by atoms with Crippen LogP contribution in [0.1, 0.15) is 21.5 Å². The van der Waals surface area contributed by atoms with Crippen LogP contribution in [0.4, 0.5) is 4.79 Å². The zero-order chi connectivity index (χ0) is 17.8. The standard InChI is InChI=1S/C18H18N2O5/c1-12-2-6-15(7-3-12)25-18(22)20-8-9-24-16-10-13(17(21)19-23)4-5-14(16)11-20/h2-7,10,23H,8-9,11H2,1H3,(H,19,21). The third-order valence-electron chi connectivity index (χ3n) is 3.90. The van der Waals surface area contributed by atoms with Crippen molar-refractivity contribution in [1.29, 1.82) is 0 Å². The predicted molar refractivity (Wildman–Crippen MR) is 88.8 cm³/mol. The van der Waals surface area contributed by atoms with Crippen LogP contribution in [0.5, 0.6) is 11.5 Å². The summed E-state index contributed by atoms with van der Waals surface area (Å²) in [7, 11) is 0. The van der Waals surface area contributed by atoms with Gasteiger partial charge in [-0.15, -0.1) is 0 Å². The largest absolute Gasteiger partial charge is 0.491 e. The molecule has 1 aliphatic rings. The Morgan fingerprint density at radius 3 is 2.68 bits per heavy atom. The van der Waals surface area contributed by atoms with Gasteiger partial charge in [-0.2, -0.15) is 0 Å². The maximum Gasteiger partial charge on any atom is 0.415 e. The quantitative estimate of drug-likeness (QED) is 0.647. The lowest BCUT2D eigenvalue weighted by Gasteiger charge is -2.19. The molecule has 2 amide bonds. The third kappa shape index (κ3) is 3.89. The molecule has 0 atom stereocenters. The van der Waals surface area contributed by atoms with Crippen molar-refractivity contribution >= 4 is 12.0 Å². The number of amides is 2. The normalized spacial score (nSPS) is 13.3. The summed E-state index contributed by atoms with van der Waals surface area (Å²) >= 11 is 0. The molecule has 0 bridgehead atoms. The number of hydrogen-bond donors (Lipinski definition) is 2. The first-order valence-electron chi connectivity index (χ1n) is 7.80. The van der Waals surface area contributed by atoms with Crippen molar-refractivity contribution in [2.75, 3.05) is 13.2 Å². The summed E-state index contributed by atoms with van der Waals surface area (Å²) in [6.45, 7) is 2.90. The molecule has 1 heterocycles. The van der Waals surface area contributed by atoms with Crippen LogP contribution in [0.15, 0.2) is 42.5 Å².